The van der Waals surface area contributed by atoms with Crippen LogP contribution in [0.2, 0.25) is 0 Å². The molecule has 0 unspecified atom stereocenters. The van der Waals surface area contributed by atoms with E-state index < -0.39 is 0 Å². The van der Waals surface area contributed by atoms with E-state index in [1.54, 1.807) is 12.3 Å². The van der Waals surface area contributed by atoms with Crippen molar-refractivity contribution in [2.45, 2.75) is 69.2 Å². The fraction of sp³-hybridized carbons (Fsp3) is 0.800. The van der Waals surface area contributed by atoms with Gasteiger partial charge >= 0.3 is 32.7 Å². The summed E-state index contributed by atoms with van der Waals surface area (Å²) in [5.41, 5.74) is 0. The van der Waals surface area contributed by atoms with Crippen molar-refractivity contribution in [1.82, 2.24) is 4.98 Å². The van der Waals surface area contributed by atoms with Gasteiger partial charge in [-0.1, -0.05) is 81.6 Å². The smallest absolute Gasteiger partial charge is 0.394 e. The number of hydrogen-bond acceptors (Lipinski definition) is 1. The first kappa shape index (κ1) is 27.3. The van der Waals surface area contributed by atoms with Crippen LogP contribution in [-0.2, 0) is 32.7 Å². The van der Waals surface area contributed by atoms with Gasteiger partial charge in [-0.2, -0.15) is 18.2 Å². The molecule has 2 saturated carbocycles. The molecule has 2 fully saturated rings. The minimum atomic E-state index is 0. The van der Waals surface area contributed by atoms with Crippen LogP contribution in [0.4, 0.5) is 0 Å². The average Bonchev–Trinajstić information content (AvgIpc) is 2.94. The molecule has 0 spiro atoms. The van der Waals surface area contributed by atoms with Crippen molar-refractivity contribution in [3.05, 3.63) is 30.6 Å². The second kappa shape index (κ2) is 12.7. The summed E-state index contributed by atoms with van der Waals surface area (Å²) in [5, 5.41) is 0. The molecule has 1 heterocycles. The number of rotatable bonds is 0. The van der Waals surface area contributed by atoms with Gasteiger partial charge in [-0.3, -0.25) is 0 Å². The van der Waals surface area contributed by atoms with E-state index in [1.807, 2.05) is 12.1 Å². The van der Waals surface area contributed by atoms with E-state index in [4.69, 9.17) is 0 Å². The summed E-state index contributed by atoms with van der Waals surface area (Å²) < 4.78 is 0. The van der Waals surface area contributed by atoms with Crippen LogP contribution in [0.25, 0.3) is 0 Å². The van der Waals surface area contributed by atoms with Crippen LogP contribution in [0.1, 0.15) is 69.2 Å². The Hall–Kier alpha value is 0.254. The van der Waals surface area contributed by atoms with Gasteiger partial charge in [0.05, 0.1) is 0 Å². The minimum absolute atomic E-state index is 0. The Morgan fingerprint density at radius 2 is 0.741 bits per heavy atom. The van der Waals surface area contributed by atoms with Gasteiger partial charge < -0.3 is 4.98 Å². The molecule has 0 atom stereocenters. The third-order valence-electron chi connectivity index (χ3n) is 8.81. The summed E-state index contributed by atoms with van der Waals surface area (Å²) in [5.74, 6) is 9.35. The molecule has 2 heteroatoms. The molecule has 150 valence electrons. The van der Waals surface area contributed by atoms with Crippen LogP contribution in [0.5, 0.6) is 0 Å². The summed E-state index contributed by atoms with van der Waals surface area (Å²) in [6.45, 7) is 24.0. The Balaban J connectivity index is 0.000000380. The van der Waals surface area contributed by atoms with Gasteiger partial charge in [0.15, 0.2) is 0 Å². The first-order valence-electron chi connectivity index (χ1n) is 10.9. The zero-order valence-electron chi connectivity index (χ0n) is 19.6. The zero-order chi connectivity index (χ0) is 20.0. The maximum atomic E-state index is 3.66. The average molecular weight is 448 g/mol. The van der Waals surface area contributed by atoms with Crippen molar-refractivity contribution in [1.29, 1.82) is 0 Å². The summed E-state index contributed by atoms with van der Waals surface area (Å²) in [7, 11) is 0. The summed E-state index contributed by atoms with van der Waals surface area (Å²) in [4.78, 5) is 3.66. The number of pyridine rings is 1. The SMILES string of the molecule is CC1C(C)C(C)C(C)C1C.CC1C(C)C(C)C(C)C1C.[Y+3].[c-]1ccccn1. The molecule has 2 aliphatic rings. The van der Waals surface area contributed by atoms with E-state index in [0.29, 0.717) is 0 Å². The van der Waals surface area contributed by atoms with Gasteiger partial charge in [0, 0.05) is 0 Å². The fourth-order valence-electron chi connectivity index (χ4n) is 5.07. The molecule has 3 rings (SSSR count). The maximum absolute atomic E-state index is 3.66. The van der Waals surface area contributed by atoms with Crippen molar-refractivity contribution in [2.24, 2.45) is 59.2 Å². The van der Waals surface area contributed by atoms with Crippen LogP contribution in [-0.4, -0.2) is 4.98 Å². The molecular formula is C25H44NY+2. The first-order valence-corrected chi connectivity index (χ1v) is 10.9. The van der Waals surface area contributed by atoms with Gasteiger partial charge in [0.25, 0.3) is 0 Å². The van der Waals surface area contributed by atoms with E-state index in [1.165, 1.54) is 0 Å². The van der Waals surface area contributed by atoms with E-state index in [-0.39, 0.29) is 32.7 Å². The molecule has 1 aromatic heterocycles. The molecule has 0 aliphatic heterocycles. The van der Waals surface area contributed by atoms with Gasteiger partial charge in [-0.15, -0.1) is 0 Å². The Morgan fingerprint density at radius 3 is 0.815 bits per heavy atom. The van der Waals surface area contributed by atoms with Crippen LogP contribution in [0.3, 0.4) is 0 Å². The molecule has 0 aromatic carbocycles. The second-order valence-electron chi connectivity index (χ2n) is 9.55. The normalized spacial score (nSPS) is 42.9. The molecule has 0 bridgehead atoms. The Kier molecular flexibility index (Phi) is 12.9. The Labute approximate surface area is 195 Å². The van der Waals surface area contributed by atoms with E-state index >= 15 is 0 Å². The second-order valence-corrected chi connectivity index (χ2v) is 9.55. The predicted molar refractivity (Wildman–Crippen MR) is 115 cm³/mol. The fourth-order valence-corrected chi connectivity index (χ4v) is 5.07. The van der Waals surface area contributed by atoms with Gasteiger partial charge in [0.1, 0.15) is 0 Å². The van der Waals surface area contributed by atoms with Crippen molar-refractivity contribution < 1.29 is 32.7 Å². The molecule has 1 aromatic rings. The molecule has 27 heavy (non-hydrogen) atoms. The predicted octanol–water partition coefficient (Wildman–Crippen LogP) is 7.24. The largest absolute Gasteiger partial charge is 3.00 e. The van der Waals surface area contributed by atoms with E-state index in [2.05, 4.69) is 80.4 Å². The molecule has 0 amide bonds. The summed E-state index contributed by atoms with van der Waals surface area (Å²) in [6, 6.07) is 5.50. The van der Waals surface area contributed by atoms with E-state index in [9.17, 15) is 0 Å². The minimum Gasteiger partial charge on any atom is -0.394 e. The van der Waals surface area contributed by atoms with Crippen LogP contribution in [0, 0.1) is 65.4 Å². The summed E-state index contributed by atoms with van der Waals surface area (Å²) in [6.07, 6.45) is 4.34. The zero-order valence-corrected chi connectivity index (χ0v) is 22.4. The molecule has 1 nitrogen and oxygen atoms in total. The molecule has 0 radical (unpaired) electrons. The van der Waals surface area contributed by atoms with Crippen molar-refractivity contribution in [3.8, 4) is 0 Å². The van der Waals surface area contributed by atoms with Gasteiger partial charge in [-0.25, -0.2) is 0 Å². The number of nitrogens with zero attached hydrogens (tertiary/aromatic N) is 1. The number of aromatic nitrogens is 1. The van der Waals surface area contributed by atoms with Gasteiger partial charge in [-0.05, 0) is 59.2 Å². The van der Waals surface area contributed by atoms with Crippen LogP contribution < -0.4 is 0 Å². The first-order chi connectivity index (χ1) is 12.1. The third-order valence-corrected chi connectivity index (χ3v) is 8.81. The van der Waals surface area contributed by atoms with Crippen molar-refractivity contribution >= 4 is 0 Å². The Bertz CT molecular complexity index is 344. The van der Waals surface area contributed by atoms with Crippen LogP contribution in [0.15, 0.2) is 24.4 Å². The van der Waals surface area contributed by atoms with Gasteiger partial charge in [0.2, 0.25) is 0 Å². The standard InChI is InChI=1S/2C10H20.C5H4N.Y/c2*1-6-7(2)9(4)10(5)8(6)3;1-2-4-6-5-3-1;/h2*6-10H,1-5H3;1-4H;/q;;-1;+3. The topological polar surface area (TPSA) is 12.9 Å². The monoisotopic (exact) mass is 447 g/mol. The summed E-state index contributed by atoms with van der Waals surface area (Å²) >= 11 is 0. The third kappa shape index (κ3) is 7.22. The van der Waals surface area contributed by atoms with E-state index in [0.717, 1.165) is 59.2 Å². The van der Waals surface area contributed by atoms with Crippen molar-refractivity contribution in [3.63, 3.8) is 0 Å². The Morgan fingerprint density at radius 1 is 0.481 bits per heavy atom. The van der Waals surface area contributed by atoms with Crippen molar-refractivity contribution in [2.75, 3.05) is 0 Å². The quantitative estimate of drug-likeness (QED) is 0.382. The molecular weight excluding hydrogens is 403 g/mol. The molecule has 0 N–H and O–H groups in total. The molecule has 0 saturated heterocycles. The molecule has 2 aliphatic carbocycles. The maximum Gasteiger partial charge on any atom is 3.00 e. The number of hydrogen-bond donors (Lipinski definition) is 0. The van der Waals surface area contributed by atoms with Crippen LogP contribution >= 0.6 is 0 Å².